The second kappa shape index (κ2) is 7.99. The summed E-state index contributed by atoms with van der Waals surface area (Å²) in [5.74, 6) is -0.763. The van der Waals surface area contributed by atoms with Crippen LogP contribution in [0.3, 0.4) is 0 Å². The fraction of sp³-hybridized carbons (Fsp3) is 0.846. The Balaban J connectivity index is 2.39. The molecule has 0 aliphatic carbocycles. The van der Waals surface area contributed by atoms with Crippen LogP contribution in [0.15, 0.2) is 0 Å². The lowest BCUT2D eigenvalue weighted by atomic mass is 10.1. The molecular weight excluding hydrogens is 248 g/mol. The maximum Gasteiger partial charge on any atom is 0.323 e. The molecule has 2 N–H and O–H groups in total. The zero-order chi connectivity index (χ0) is 14.3. The van der Waals surface area contributed by atoms with Gasteiger partial charge in [-0.1, -0.05) is 13.8 Å². The molecule has 6 heteroatoms. The molecule has 1 aliphatic rings. The Morgan fingerprint density at radius 2 is 2.16 bits per heavy atom. The topological polar surface area (TPSA) is 78.9 Å². The maximum atomic E-state index is 12.0. The van der Waals surface area contributed by atoms with E-state index >= 15 is 0 Å². The lowest BCUT2D eigenvalue weighted by Gasteiger charge is -2.26. The smallest absolute Gasteiger partial charge is 0.323 e. The SMILES string of the molecule is CC(C)CN(CC(=O)O)C(=O)NCC1CCCCO1. The molecule has 19 heavy (non-hydrogen) atoms. The highest BCUT2D eigenvalue weighted by Crippen LogP contribution is 2.11. The van der Waals surface area contributed by atoms with Gasteiger partial charge in [0.25, 0.3) is 0 Å². The van der Waals surface area contributed by atoms with Crippen LogP contribution in [-0.4, -0.2) is 54.4 Å². The average molecular weight is 272 g/mol. The van der Waals surface area contributed by atoms with Crippen molar-refractivity contribution < 1.29 is 19.4 Å². The Labute approximate surface area is 114 Å². The lowest BCUT2D eigenvalue weighted by Crippen LogP contribution is -2.47. The molecule has 0 aromatic heterocycles. The van der Waals surface area contributed by atoms with Crippen molar-refractivity contribution in [3.8, 4) is 0 Å². The van der Waals surface area contributed by atoms with Crippen LogP contribution in [0.4, 0.5) is 4.79 Å². The summed E-state index contributed by atoms with van der Waals surface area (Å²) < 4.78 is 5.52. The fourth-order valence-electron chi connectivity index (χ4n) is 2.10. The molecule has 2 amide bonds. The molecule has 1 unspecified atom stereocenters. The summed E-state index contributed by atoms with van der Waals surface area (Å²) in [7, 11) is 0. The first-order valence-corrected chi connectivity index (χ1v) is 6.85. The van der Waals surface area contributed by atoms with Gasteiger partial charge in [-0.25, -0.2) is 4.79 Å². The number of carbonyl (C=O) groups excluding carboxylic acids is 1. The van der Waals surface area contributed by atoms with E-state index < -0.39 is 5.97 Å². The van der Waals surface area contributed by atoms with E-state index in [-0.39, 0.29) is 24.6 Å². The first-order valence-electron chi connectivity index (χ1n) is 6.85. The standard InChI is InChI=1S/C13H24N2O4/c1-10(2)8-15(9-12(16)17)13(18)14-7-11-5-3-4-6-19-11/h10-11H,3-9H2,1-2H3,(H,14,18)(H,16,17). The summed E-state index contributed by atoms with van der Waals surface area (Å²) in [6, 6.07) is -0.328. The average Bonchev–Trinajstić information content (AvgIpc) is 2.35. The van der Waals surface area contributed by atoms with Crippen molar-refractivity contribution in [2.24, 2.45) is 5.92 Å². The number of carboxylic acid groups (broad SMARTS) is 1. The molecule has 6 nitrogen and oxygen atoms in total. The molecule has 1 heterocycles. The van der Waals surface area contributed by atoms with Crippen LogP contribution in [-0.2, 0) is 9.53 Å². The number of hydrogen-bond acceptors (Lipinski definition) is 3. The van der Waals surface area contributed by atoms with E-state index in [0.29, 0.717) is 13.1 Å². The first-order chi connectivity index (χ1) is 8.99. The second-order valence-electron chi connectivity index (χ2n) is 5.34. The van der Waals surface area contributed by atoms with Crippen LogP contribution in [0.2, 0.25) is 0 Å². The van der Waals surface area contributed by atoms with Crippen LogP contribution in [0, 0.1) is 5.92 Å². The molecule has 1 aliphatic heterocycles. The summed E-state index contributed by atoms with van der Waals surface area (Å²) in [6.45, 7) is 5.26. The molecule has 0 radical (unpaired) electrons. The molecule has 0 aromatic rings. The first kappa shape index (κ1) is 15.8. The molecule has 1 rings (SSSR count). The van der Waals surface area contributed by atoms with Crippen molar-refractivity contribution in [3.05, 3.63) is 0 Å². The summed E-state index contributed by atoms with van der Waals surface area (Å²) in [5, 5.41) is 11.6. The summed E-state index contributed by atoms with van der Waals surface area (Å²) in [4.78, 5) is 24.0. The highest BCUT2D eigenvalue weighted by Gasteiger charge is 2.20. The molecule has 0 spiro atoms. The van der Waals surface area contributed by atoms with E-state index in [1.807, 2.05) is 13.8 Å². The van der Waals surface area contributed by atoms with Gasteiger partial charge in [0.1, 0.15) is 6.54 Å². The number of carboxylic acids is 1. The molecule has 0 saturated carbocycles. The van der Waals surface area contributed by atoms with Crippen LogP contribution < -0.4 is 5.32 Å². The predicted octanol–water partition coefficient (Wildman–Crippen LogP) is 1.31. The van der Waals surface area contributed by atoms with E-state index in [9.17, 15) is 9.59 Å². The second-order valence-corrected chi connectivity index (χ2v) is 5.34. The Hall–Kier alpha value is -1.30. The van der Waals surface area contributed by atoms with Gasteiger partial charge in [0, 0.05) is 19.7 Å². The van der Waals surface area contributed by atoms with E-state index in [0.717, 1.165) is 25.9 Å². The zero-order valence-corrected chi connectivity index (χ0v) is 11.7. The number of carbonyl (C=O) groups is 2. The number of hydrogen-bond donors (Lipinski definition) is 2. The van der Waals surface area contributed by atoms with Crippen LogP contribution in [0.5, 0.6) is 0 Å². The summed E-state index contributed by atoms with van der Waals surface area (Å²) >= 11 is 0. The molecule has 0 aromatic carbocycles. The number of aliphatic carboxylic acids is 1. The predicted molar refractivity (Wildman–Crippen MR) is 71.0 cm³/mol. The third kappa shape index (κ3) is 6.42. The quantitative estimate of drug-likeness (QED) is 0.764. The van der Waals surface area contributed by atoms with Crippen molar-refractivity contribution in [1.29, 1.82) is 0 Å². The van der Waals surface area contributed by atoms with Gasteiger partial charge < -0.3 is 20.1 Å². The number of amides is 2. The summed E-state index contributed by atoms with van der Waals surface area (Å²) in [5.41, 5.74) is 0. The van der Waals surface area contributed by atoms with E-state index in [1.54, 1.807) is 0 Å². The minimum Gasteiger partial charge on any atom is -0.480 e. The van der Waals surface area contributed by atoms with Crippen molar-refractivity contribution in [2.45, 2.75) is 39.2 Å². The number of nitrogens with zero attached hydrogens (tertiary/aromatic N) is 1. The third-order valence-electron chi connectivity index (χ3n) is 2.95. The van der Waals surface area contributed by atoms with Crippen LogP contribution in [0.25, 0.3) is 0 Å². The van der Waals surface area contributed by atoms with Gasteiger partial charge in [-0.3, -0.25) is 4.79 Å². The zero-order valence-electron chi connectivity index (χ0n) is 11.7. The highest BCUT2D eigenvalue weighted by molar-refractivity contribution is 5.80. The normalized spacial score (nSPS) is 19.2. The number of nitrogens with one attached hydrogen (secondary N) is 1. The largest absolute Gasteiger partial charge is 0.480 e. The molecule has 110 valence electrons. The van der Waals surface area contributed by atoms with Gasteiger partial charge in [0.05, 0.1) is 6.10 Å². The van der Waals surface area contributed by atoms with Crippen molar-refractivity contribution in [2.75, 3.05) is 26.2 Å². The Morgan fingerprint density at radius 1 is 1.42 bits per heavy atom. The van der Waals surface area contributed by atoms with Crippen molar-refractivity contribution in [3.63, 3.8) is 0 Å². The fourth-order valence-corrected chi connectivity index (χ4v) is 2.10. The molecular formula is C13H24N2O4. The lowest BCUT2D eigenvalue weighted by molar-refractivity contribution is -0.137. The van der Waals surface area contributed by atoms with Crippen LogP contribution in [0.1, 0.15) is 33.1 Å². The minimum absolute atomic E-state index is 0.0587. The maximum absolute atomic E-state index is 12.0. The van der Waals surface area contributed by atoms with E-state index in [4.69, 9.17) is 9.84 Å². The third-order valence-corrected chi connectivity index (χ3v) is 2.95. The molecule has 1 fully saturated rings. The number of ether oxygens (including phenoxy) is 1. The van der Waals surface area contributed by atoms with Gasteiger partial charge in [0.2, 0.25) is 0 Å². The van der Waals surface area contributed by atoms with Gasteiger partial charge in [-0.15, -0.1) is 0 Å². The van der Waals surface area contributed by atoms with Gasteiger partial charge in [-0.2, -0.15) is 0 Å². The van der Waals surface area contributed by atoms with Crippen molar-refractivity contribution >= 4 is 12.0 Å². The van der Waals surface area contributed by atoms with Gasteiger partial charge in [0.15, 0.2) is 0 Å². The Morgan fingerprint density at radius 3 is 2.68 bits per heavy atom. The molecule has 1 atom stereocenters. The van der Waals surface area contributed by atoms with Gasteiger partial charge >= 0.3 is 12.0 Å². The molecule has 1 saturated heterocycles. The van der Waals surface area contributed by atoms with E-state index in [1.165, 1.54) is 4.90 Å². The van der Waals surface area contributed by atoms with E-state index in [2.05, 4.69) is 5.32 Å². The Kier molecular flexibility index (Phi) is 6.62. The Bertz CT molecular complexity index is 301. The molecule has 0 bridgehead atoms. The monoisotopic (exact) mass is 272 g/mol. The number of urea groups is 1. The van der Waals surface area contributed by atoms with Crippen molar-refractivity contribution in [1.82, 2.24) is 10.2 Å². The minimum atomic E-state index is -0.996. The van der Waals surface area contributed by atoms with Gasteiger partial charge in [-0.05, 0) is 25.2 Å². The number of rotatable bonds is 6. The highest BCUT2D eigenvalue weighted by atomic mass is 16.5. The summed E-state index contributed by atoms with van der Waals surface area (Å²) in [6.07, 6.45) is 3.20. The van der Waals surface area contributed by atoms with Crippen LogP contribution >= 0.6 is 0 Å².